The summed E-state index contributed by atoms with van der Waals surface area (Å²) in [4.78, 5) is 17.9. The van der Waals surface area contributed by atoms with Gasteiger partial charge in [-0.2, -0.15) is 4.98 Å². The Morgan fingerprint density at radius 1 is 1.38 bits per heavy atom. The van der Waals surface area contributed by atoms with E-state index in [-0.39, 0.29) is 12.5 Å². The van der Waals surface area contributed by atoms with Crippen molar-refractivity contribution in [2.75, 3.05) is 20.8 Å². The largest absolute Gasteiger partial charge is 0.384 e. The summed E-state index contributed by atoms with van der Waals surface area (Å²) in [6.45, 7) is 0.778. The SMILES string of the molecule is COCCc1noc(CN(C)C(=O)c2ccc(Cl)cc2)n1. The minimum Gasteiger partial charge on any atom is -0.384 e. The van der Waals surface area contributed by atoms with Gasteiger partial charge in [-0.3, -0.25) is 4.79 Å². The summed E-state index contributed by atoms with van der Waals surface area (Å²) in [5.41, 5.74) is 0.557. The van der Waals surface area contributed by atoms with Crippen molar-refractivity contribution in [1.82, 2.24) is 15.0 Å². The standard InChI is InChI=1S/C14H16ClN3O3/c1-18(14(19)10-3-5-11(15)6-4-10)9-13-16-12(17-21-13)7-8-20-2/h3-6H,7-9H2,1-2H3. The lowest BCUT2D eigenvalue weighted by molar-refractivity contribution is 0.0769. The van der Waals surface area contributed by atoms with Crippen LogP contribution in [0.3, 0.4) is 0 Å². The number of nitrogens with zero attached hydrogens (tertiary/aromatic N) is 3. The van der Waals surface area contributed by atoms with Crippen LogP contribution in [0.1, 0.15) is 22.1 Å². The second-order valence-electron chi connectivity index (χ2n) is 4.52. The van der Waals surface area contributed by atoms with Crippen molar-refractivity contribution in [2.45, 2.75) is 13.0 Å². The molecule has 0 bridgehead atoms. The van der Waals surface area contributed by atoms with E-state index in [9.17, 15) is 4.79 Å². The molecule has 1 heterocycles. The van der Waals surface area contributed by atoms with Gasteiger partial charge in [0, 0.05) is 31.2 Å². The molecule has 0 unspecified atom stereocenters. The summed E-state index contributed by atoms with van der Waals surface area (Å²) in [6, 6.07) is 6.72. The summed E-state index contributed by atoms with van der Waals surface area (Å²) in [7, 11) is 3.29. The zero-order valence-electron chi connectivity index (χ0n) is 11.9. The van der Waals surface area contributed by atoms with E-state index in [0.717, 1.165) is 0 Å². The molecule has 2 aromatic rings. The fourth-order valence-corrected chi connectivity index (χ4v) is 1.86. The van der Waals surface area contributed by atoms with Gasteiger partial charge in [-0.1, -0.05) is 16.8 Å². The van der Waals surface area contributed by atoms with Crippen LogP contribution in [0.5, 0.6) is 0 Å². The fraction of sp³-hybridized carbons (Fsp3) is 0.357. The van der Waals surface area contributed by atoms with Gasteiger partial charge in [0.25, 0.3) is 5.91 Å². The number of carbonyl (C=O) groups excluding carboxylic acids is 1. The van der Waals surface area contributed by atoms with E-state index in [1.54, 1.807) is 38.4 Å². The Hall–Kier alpha value is -1.92. The lowest BCUT2D eigenvalue weighted by atomic mass is 10.2. The Balaban J connectivity index is 1.97. The molecule has 112 valence electrons. The molecule has 0 saturated carbocycles. The van der Waals surface area contributed by atoms with Gasteiger partial charge >= 0.3 is 0 Å². The van der Waals surface area contributed by atoms with Crippen LogP contribution in [-0.2, 0) is 17.7 Å². The lowest BCUT2D eigenvalue weighted by Gasteiger charge is -2.14. The number of aromatic nitrogens is 2. The number of amides is 1. The second kappa shape index (κ2) is 7.19. The molecule has 0 aliphatic rings. The van der Waals surface area contributed by atoms with Crippen molar-refractivity contribution in [3.05, 3.63) is 46.6 Å². The maximum Gasteiger partial charge on any atom is 0.254 e. The first kappa shape index (κ1) is 15.5. The summed E-state index contributed by atoms with van der Waals surface area (Å²) in [5.74, 6) is 0.827. The van der Waals surface area contributed by atoms with E-state index in [2.05, 4.69) is 10.1 Å². The maximum absolute atomic E-state index is 12.2. The van der Waals surface area contributed by atoms with Crippen LogP contribution >= 0.6 is 11.6 Å². The van der Waals surface area contributed by atoms with Gasteiger partial charge in [0.05, 0.1) is 13.2 Å². The molecule has 1 aromatic carbocycles. The van der Waals surface area contributed by atoms with Crippen LogP contribution in [0.4, 0.5) is 0 Å². The van der Waals surface area contributed by atoms with Crippen molar-refractivity contribution in [3.63, 3.8) is 0 Å². The Labute approximate surface area is 127 Å². The summed E-state index contributed by atoms with van der Waals surface area (Å²) in [5, 5.41) is 4.42. The number of halogens is 1. The van der Waals surface area contributed by atoms with Crippen LogP contribution in [-0.4, -0.2) is 41.7 Å². The zero-order chi connectivity index (χ0) is 15.2. The molecule has 6 nitrogen and oxygen atoms in total. The number of rotatable bonds is 6. The molecule has 0 aliphatic carbocycles. The van der Waals surface area contributed by atoms with Gasteiger partial charge in [0.15, 0.2) is 5.82 Å². The first-order valence-electron chi connectivity index (χ1n) is 6.41. The molecule has 7 heteroatoms. The number of hydrogen-bond acceptors (Lipinski definition) is 5. The van der Waals surface area contributed by atoms with E-state index >= 15 is 0 Å². The fourth-order valence-electron chi connectivity index (χ4n) is 1.74. The molecule has 0 fully saturated rings. The highest BCUT2D eigenvalue weighted by Crippen LogP contribution is 2.12. The molecule has 21 heavy (non-hydrogen) atoms. The van der Waals surface area contributed by atoms with Crippen molar-refractivity contribution >= 4 is 17.5 Å². The van der Waals surface area contributed by atoms with E-state index in [1.807, 2.05) is 0 Å². The topological polar surface area (TPSA) is 68.5 Å². The van der Waals surface area contributed by atoms with Crippen LogP contribution in [0, 0.1) is 0 Å². The predicted molar refractivity (Wildman–Crippen MR) is 77.1 cm³/mol. The average molecular weight is 310 g/mol. The molecule has 0 aliphatic heterocycles. The summed E-state index contributed by atoms with van der Waals surface area (Å²) in [6.07, 6.45) is 0.578. The van der Waals surface area contributed by atoms with Gasteiger partial charge in [-0.05, 0) is 24.3 Å². The third-order valence-corrected chi connectivity index (χ3v) is 3.10. The molecule has 0 saturated heterocycles. The molecular weight excluding hydrogens is 294 g/mol. The summed E-state index contributed by atoms with van der Waals surface area (Å²) >= 11 is 5.80. The monoisotopic (exact) mass is 309 g/mol. The Bertz CT molecular complexity index is 598. The number of methoxy groups -OCH3 is 1. The predicted octanol–water partition coefficient (Wildman–Crippen LogP) is 2.18. The molecule has 1 aromatic heterocycles. The number of ether oxygens (including phenoxy) is 1. The molecule has 0 spiro atoms. The minimum atomic E-state index is -0.136. The van der Waals surface area contributed by atoms with Crippen LogP contribution in [0.25, 0.3) is 0 Å². The number of carbonyl (C=O) groups is 1. The molecule has 0 N–H and O–H groups in total. The normalized spacial score (nSPS) is 10.6. The molecule has 0 atom stereocenters. The quantitative estimate of drug-likeness (QED) is 0.818. The van der Waals surface area contributed by atoms with Crippen molar-refractivity contribution in [2.24, 2.45) is 0 Å². The smallest absolute Gasteiger partial charge is 0.254 e. The van der Waals surface area contributed by atoms with Gasteiger partial charge in [0.1, 0.15) is 0 Å². The Kier molecular flexibility index (Phi) is 5.30. The third kappa shape index (κ3) is 4.27. The lowest BCUT2D eigenvalue weighted by Crippen LogP contribution is -2.26. The van der Waals surface area contributed by atoms with E-state index < -0.39 is 0 Å². The zero-order valence-corrected chi connectivity index (χ0v) is 12.6. The van der Waals surface area contributed by atoms with Gasteiger partial charge in [-0.25, -0.2) is 0 Å². The van der Waals surface area contributed by atoms with Crippen LogP contribution < -0.4 is 0 Å². The molecular formula is C14H16ClN3O3. The second-order valence-corrected chi connectivity index (χ2v) is 4.95. The Morgan fingerprint density at radius 2 is 2.10 bits per heavy atom. The minimum absolute atomic E-state index is 0.136. The Morgan fingerprint density at radius 3 is 2.76 bits per heavy atom. The van der Waals surface area contributed by atoms with Crippen molar-refractivity contribution in [1.29, 1.82) is 0 Å². The van der Waals surface area contributed by atoms with E-state index in [1.165, 1.54) is 4.90 Å². The summed E-state index contributed by atoms with van der Waals surface area (Å²) < 4.78 is 10.1. The van der Waals surface area contributed by atoms with E-state index in [0.29, 0.717) is 35.3 Å². The highest BCUT2D eigenvalue weighted by Gasteiger charge is 2.15. The van der Waals surface area contributed by atoms with Crippen molar-refractivity contribution < 1.29 is 14.1 Å². The highest BCUT2D eigenvalue weighted by molar-refractivity contribution is 6.30. The highest BCUT2D eigenvalue weighted by atomic mass is 35.5. The first-order valence-corrected chi connectivity index (χ1v) is 6.79. The maximum atomic E-state index is 12.2. The number of hydrogen-bond donors (Lipinski definition) is 0. The van der Waals surface area contributed by atoms with Gasteiger partial charge in [0.2, 0.25) is 5.89 Å². The van der Waals surface area contributed by atoms with Crippen LogP contribution in [0.2, 0.25) is 5.02 Å². The van der Waals surface area contributed by atoms with Gasteiger partial charge in [-0.15, -0.1) is 0 Å². The van der Waals surface area contributed by atoms with Crippen molar-refractivity contribution in [3.8, 4) is 0 Å². The molecule has 2 rings (SSSR count). The van der Waals surface area contributed by atoms with Crippen LogP contribution in [0.15, 0.2) is 28.8 Å². The molecule has 1 amide bonds. The number of benzene rings is 1. The van der Waals surface area contributed by atoms with E-state index in [4.69, 9.17) is 20.9 Å². The first-order chi connectivity index (χ1) is 10.1. The average Bonchev–Trinajstić information content (AvgIpc) is 2.92. The molecule has 0 radical (unpaired) electrons. The van der Waals surface area contributed by atoms with Gasteiger partial charge < -0.3 is 14.2 Å². The third-order valence-electron chi connectivity index (χ3n) is 2.85.